The molecule has 2 amide bonds. The van der Waals surface area contributed by atoms with Gasteiger partial charge in [-0.25, -0.2) is 4.79 Å². The number of amides is 2. The van der Waals surface area contributed by atoms with Gasteiger partial charge in [-0.15, -0.1) is 0 Å². The minimum Gasteiger partial charge on any atom is -0.497 e. The molecule has 1 unspecified atom stereocenters. The van der Waals surface area contributed by atoms with Gasteiger partial charge in [0, 0.05) is 24.8 Å². The number of carbonyl (C=O) groups excluding carboxylic acids is 1. The van der Waals surface area contributed by atoms with E-state index in [-0.39, 0.29) is 12.1 Å². The van der Waals surface area contributed by atoms with Gasteiger partial charge in [0.05, 0.1) is 32.1 Å². The molecule has 1 N–H and O–H groups in total. The maximum absolute atomic E-state index is 13.2. The van der Waals surface area contributed by atoms with Crippen LogP contribution in [0, 0.1) is 0 Å². The lowest BCUT2D eigenvalue weighted by molar-refractivity contribution is 0.205. The molecule has 2 aromatic carbocycles. The highest BCUT2D eigenvalue weighted by atomic mass is 16.5. The smallest absolute Gasteiger partial charge is 0.325 e. The van der Waals surface area contributed by atoms with Crippen molar-refractivity contribution in [1.82, 2.24) is 15.1 Å². The van der Waals surface area contributed by atoms with Crippen molar-refractivity contribution in [2.24, 2.45) is 0 Å². The summed E-state index contributed by atoms with van der Waals surface area (Å²) >= 11 is 0. The number of aromatic nitrogens is 2. The molecule has 0 spiro atoms. The Balaban J connectivity index is 1.58. The molecule has 7 nitrogen and oxygen atoms in total. The number of carbonyl (C=O) groups is 1. The van der Waals surface area contributed by atoms with E-state index in [9.17, 15) is 4.79 Å². The lowest BCUT2D eigenvalue weighted by atomic mass is 10.1. The summed E-state index contributed by atoms with van der Waals surface area (Å²) in [6.07, 6.45) is 3.58. The maximum Gasteiger partial charge on any atom is 0.325 e. The average molecular weight is 392 g/mol. The van der Waals surface area contributed by atoms with Gasteiger partial charge in [0.2, 0.25) is 0 Å². The molecule has 1 aliphatic heterocycles. The van der Waals surface area contributed by atoms with E-state index in [0.29, 0.717) is 18.8 Å². The molecule has 0 bridgehead atoms. The molecule has 0 saturated carbocycles. The van der Waals surface area contributed by atoms with Crippen molar-refractivity contribution in [3.05, 3.63) is 60.4 Å². The number of anilines is 1. The highest BCUT2D eigenvalue weighted by molar-refractivity contribution is 5.96. The summed E-state index contributed by atoms with van der Waals surface area (Å²) in [4.78, 5) is 16.9. The zero-order valence-corrected chi connectivity index (χ0v) is 16.8. The maximum atomic E-state index is 13.2. The second-order valence-corrected chi connectivity index (χ2v) is 6.95. The van der Waals surface area contributed by atoms with Crippen LogP contribution < -0.4 is 14.4 Å². The normalized spacial score (nSPS) is 14.9. The standard InChI is InChI=1S/C22H24N4O3/c1-15(16-5-4-6-19(11-16)28-2)25-9-10-26(22(25)27)20-8-7-17(12-21(20)29-3)18-13-23-24-14-18/h4-8,11-15H,9-10H2,1-3H3,(H,23,24). The number of ether oxygens (including phenoxy) is 2. The fourth-order valence-electron chi connectivity index (χ4n) is 3.71. The van der Waals surface area contributed by atoms with Crippen molar-refractivity contribution < 1.29 is 14.3 Å². The highest BCUT2D eigenvalue weighted by Crippen LogP contribution is 2.36. The van der Waals surface area contributed by atoms with Gasteiger partial charge in [0.25, 0.3) is 0 Å². The number of aromatic amines is 1. The Bertz CT molecular complexity index is 1000. The first-order valence-corrected chi connectivity index (χ1v) is 9.51. The number of hydrogen-bond donors (Lipinski definition) is 1. The predicted molar refractivity (Wildman–Crippen MR) is 111 cm³/mol. The Morgan fingerprint density at radius 2 is 1.93 bits per heavy atom. The SMILES string of the molecule is COc1cccc(C(C)N2CCN(c3ccc(-c4cn[nH]c4)cc3OC)C2=O)c1. The largest absolute Gasteiger partial charge is 0.497 e. The molecule has 1 aromatic heterocycles. The molecule has 7 heteroatoms. The molecule has 150 valence electrons. The molecule has 4 rings (SSSR count). The third-order valence-corrected chi connectivity index (χ3v) is 5.39. The molecule has 0 radical (unpaired) electrons. The molecule has 0 aliphatic carbocycles. The number of benzene rings is 2. The predicted octanol–water partition coefficient (Wildman–Crippen LogP) is 4.10. The molecular formula is C22H24N4O3. The van der Waals surface area contributed by atoms with Crippen LogP contribution in [-0.2, 0) is 0 Å². The topological polar surface area (TPSA) is 70.7 Å². The van der Waals surface area contributed by atoms with E-state index in [1.54, 1.807) is 25.3 Å². The van der Waals surface area contributed by atoms with E-state index in [1.165, 1.54) is 0 Å². The number of H-pyrrole nitrogens is 1. The number of hydrogen-bond acceptors (Lipinski definition) is 4. The molecule has 2 heterocycles. The minimum atomic E-state index is -0.0567. The Morgan fingerprint density at radius 1 is 1.07 bits per heavy atom. The monoisotopic (exact) mass is 392 g/mol. The van der Waals surface area contributed by atoms with Crippen LogP contribution in [0.5, 0.6) is 11.5 Å². The fraction of sp³-hybridized carbons (Fsp3) is 0.273. The third-order valence-electron chi connectivity index (χ3n) is 5.39. The number of methoxy groups -OCH3 is 2. The van der Waals surface area contributed by atoms with E-state index >= 15 is 0 Å². The Labute approximate surface area is 169 Å². The molecule has 29 heavy (non-hydrogen) atoms. The summed E-state index contributed by atoms with van der Waals surface area (Å²) in [6, 6.07) is 13.6. The second kappa shape index (κ2) is 7.87. The second-order valence-electron chi connectivity index (χ2n) is 6.95. The lowest BCUT2D eigenvalue weighted by Gasteiger charge is -2.26. The molecule has 3 aromatic rings. The molecular weight excluding hydrogens is 368 g/mol. The van der Waals surface area contributed by atoms with Crippen LogP contribution in [0.4, 0.5) is 10.5 Å². The third kappa shape index (κ3) is 3.51. The van der Waals surface area contributed by atoms with Gasteiger partial charge in [0.1, 0.15) is 11.5 Å². The van der Waals surface area contributed by atoms with E-state index < -0.39 is 0 Å². The fourth-order valence-corrected chi connectivity index (χ4v) is 3.71. The molecule has 1 atom stereocenters. The first kappa shape index (κ1) is 18.9. The van der Waals surface area contributed by atoms with E-state index in [4.69, 9.17) is 9.47 Å². The van der Waals surface area contributed by atoms with Crippen molar-refractivity contribution >= 4 is 11.7 Å². The van der Waals surface area contributed by atoms with Gasteiger partial charge in [-0.3, -0.25) is 10.00 Å². The number of nitrogens with one attached hydrogen (secondary N) is 1. The van der Waals surface area contributed by atoms with Gasteiger partial charge in [-0.1, -0.05) is 18.2 Å². The van der Waals surface area contributed by atoms with Gasteiger partial charge in [-0.2, -0.15) is 5.10 Å². The van der Waals surface area contributed by atoms with Crippen LogP contribution in [-0.4, -0.2) is 48.4 Å². The van der Waals surface area contributed by atoms with Crippen LogP contribution in [0.3, 0.4) is 0 Å². The van der Waals surface area contributed by atoms with E-state index in [0.717, 1.165) is 28.1 Å². The van der Waals surface area contributed by atoms with Crippen molar-refractivity contribution in [2.75, 3.05) is 32.2 Å². The zero-order chi connectivity index (χ0) is 20.4. The van der Waals surface area contributed by atoms with Crippen molar-refractivity contribution in [3.8, 4) is 22.6 Å². The van der Waals surface area contributed by atoms with Crippen molar-refractivity contribution in [2.45, 2.75) is 13.0 Å². The van der Waals surface area contributed by atoms with Crippen LogP contribution in [0.15, 0.2) is 54.9 Å². The summed E-state index contributed by atoms with van der Waals surface area (Å²) < 4.78 is 10.9. The summed E-state index contributed by atoms with van der Waals surface area (Å²) in [6.45, 7) is 3.29. The summed E-state index contributed by atoms with van der Waals surface area (Å²) in [5, 5.41) is 6.80. The molecule has 1 aliphatic rings. The van der Waals surface area contributed by atoms with Crippen molar-refractivity contribution in [1.29, 1.82) is 0 Å². The van der Waals surface area contributed by atoms with Gasteiger partial charge in [0.15, 0.2) is 0 Å². The van der Waals surface area contributed by atoms with Gasteiger partial charge in [-0.05, 0) is 42.3 Å². The Morgan fingerprint density at radius 3 is 2.66 bits per heavy atom. The first-order chi connectivity index (χ1) is 14.1. The number of urea groups is 1. The van der Waals surface area contributed by atoms with Crippen LogP contribution >= 0.6 is 0 Å². The number of nitrogens with zero attached hydrogens (tertiary/aromatic N) is 3. The lowest BCUT2D eigenvalue weighted by Crippen LogP contribution is -2.33. The van der Waals surface area contributed by atoms with E-state index in [2.05, 4.69) is 10.2 Å². The van der Waals surface area contributed by atoms with Crippen molar-refractivity contribution in [3.63, 3.8) is 0 Å². The van der Waals surface area contributed by atoms with Crippen LogP contribution in [0.25, 0.3) is 11.1 Å². The minimum absolute atomic E-state index is 0.0327. The highest BCUT2D eigenvalue weighted by Gasteiger charge is 2.34. The number of rotatable bonds is 6. The van der Waals surface area contributed by atoms with Gasteiger partial charge >= 0.3 is 6.03 Å². The van der Waals surface area contributed by atoms with Gasteiger partial charge < -0.3 is 14.4 Å². The Kier molecular flexibility index (Phi) is 5.12. The van der Waals surface area contributed by atoms with Crippen LogP contribution in [0.1, 0.15) is 18.5 Å². The summed E-state index contributed by atoms with van der Waals surface area (Å²) in [7, 11) is 3.27. The average Bonchev–Trinajstić information content (AvgIpc) is 3.43. The molecule has 1 saturated heterocycles. The zero-order valence-electron chi connectivity index (χ0n) is 16.8. The Hall–Kier alpha value is -3.48. The summed E-state index contributed by atoms with van der Waals surface area (Å²) in [5.74, 6) is 1.45. The molecule has 1 fully saturated rings. The summed E-state index contributed by atoms with van der Waals surface area (Å²) in [5.41, 5.74) is 3.76. The van der Waals surface area contributed by atoms with E-state index in [1.807, 2.05) is 60.5 Å². The quantitative estimate of drug-likeness (QED) is 0.686. The van der Waals surface area contributed by atoms with Crippen LogP contribution in [0.2, 0.25) is 0 Å². The first-order valence-electron chi connectivity index (χ1n) is 9.51.